The van der Waals surface area contributed by atoms with Crippen LogP contribution in [-0.4, -0.2) is 34.3 Å². The average molecular weight is 446 g/mol. The van der Waals surface area contributed by atoms with Crippen molar-refractivity contribution in [2.24, 2.45) is 4.99 Å². The van der Waals surface area contributed by atoms with Crippen LogP contribution in [0.2, 0.25) is 0 Å². The van der Waals surface area contributed by atoms with E-state index < -0.39 is 0 Å². The number of aliphatic imine (C=N–C) groups is 1. The molecule has 8 heteroatoms. The van der Waals surface area contributed by atoms with Gasteiger partial charge in [-0.05, 0) is 12.8 Å². The first-order chi connectivity index (χ1) is 11.3. The Labute approximate surface area is 160 Å². The van der Waals surface area contributed by atoms with Gasteiger partial charge in [-0.15, -0.1) is 24.0 Å². The lowest BCUT2D eigenvalue weighted by atomic mass is 10.1. The standard InChI is InChI=1S/C16H26N6O.HI/c1-4-14-13(15(5-2)23-21-14)11-20-16(17-3)19-7-6-9-22-10-8-18-12-22;/h8,10,12H,4-7,9,11H2,1-3H3,(H2,17,19,20);1H. The number of nitrogens with one attached hydrogen (secondary N) is 2. The van der Waals surface area contributed by atoms with Gasteiger partial charge in [0.1, 0.15) is 5.76 Å². The van der Waals surface area contributed by atoms with E-state index in [4.69, 9.17) is 4.52 Å². The van der Waals surface area contributed by atoms with Crippen LogP contribution in [0.4, 0.5) is 0 Å². The highest BCUT2D eigenvalue weighted by atomic mass is 127. The molecule has 0 atom stereocenters. The first-order valence-corrected chi connectivity index (χ1v) is 8.15. The van der Waals surface area contributed by atoms with Crippen LogP contribution < -0.4 is 10.6 Å². The van der Waals surface area contributed by atoms with E-state index in [1.54, 1.807) is 13.2 Å². The molecule has 0 unspecified atom stereocenters. The molecule has 2 aromatic heterocycles. The van der Waals surface area contributed by atoms with Crippen molar-refractivity contribution in [1.29, 1.82) is 0 Å². The van der Waals surface area contributed by atoms with Gasteiger partial charge in [-0.25, -0.2) is 4.98 Å². The summed E-state index contributed by atoms with van der Waals surface area (Å²) in [6.45, 7) is 6.63. The van der Waals surface area contributed by atoms with Crippen LogP contribution in [0.15, 0.2) is 28.2 Å². The SMILES string of the molecule is CCc1noc(CC)c1CNC(=NC)NCCCn1ccnc1.I. The van der Waals surface area contributed by atoms with E-state index in [-0.39, 0.29) is 24.0 Å². The molecule has 2 rings (SSSR count). The quantitative estimate of drug-likeness (QED) is 0.282. The molecule has 0 aliphatic rings. The number of nitrogens with zero attached hydrogens (tertiary/aromatic N) is 4. The third-order valence-corrected chi connectivity index (χ3v) is 3.71. The third-order valence-electron chi connectivity index (χ3n) is 3.71. The number of aromatic nitrogens is 3. The second kappa shape index (κ2) is 11.1. The summed E-state index contributed by atoms with van der Waals surface area (Å²) in [6, 6.07) is 0. The predicted octanol–water partition coefficient (Wildman–Crippen LogP) is 2.37. The van der Waals surface area contributed by atoms with E-state index >= 15 is 0 Å². The van der Waals surface area contributed by atoms with Crippen molar-refractivity contribution >= 4 is 29.9 Å². The summed E-state index contributed by atoms with van der Waals surface area (Å²) < 4.78 is 7.45. The van der Waals surface area contributed by atoms with Crippen molar-refractivity contribution in [1.82, 2.24) is 25.3 Å². The lowest BCUT2D eigenvalue weighted by Crippen LogP contribution is -2.37. The van der Waals surface area contributed by atoms with Crippen LogP contribution in [0.5, 0.6) is 0 Å². The molecule has 0 saturated carbocycles. The van der Waals surface area contributed by atoms with Gasteiger partial charge in [0.2, 0.25) is 0 Å². The molecule has 0 aromatic carbocycles. The maximum absolute atomic E-state index is 5.38. The van der Waals surface area contributed by atoms with Crippen LogP contribution in [-0.2, 0) is 25.9 Å². The summed E-state index contributed by atoms with van der Waals surface area (Å²) in [7, 11) is 1.78. The number of guanidine groups is 1. The molecule has 134 valence electrons. The molecule has 24 heavy (non-hydrogen) atoms. The Morgan fingerprint density at radius 2 is 2.12 bits per heavy atom. The van der Waals surface area contributed by atoms with E-state index in [9.17, 15) is 0 Å². The smallest absolute Gasteiger partial charge is 0.191 e. The Morgan fingerprint density at radius 3 is 2.75 bits per heavy atom. The highest BCUT2D eigenvalue weighted by Gasteiger charge is 2.13. The summed E-state index contributed by atoms with van der Waals surface area (Å²) in [4.78, 5) is 8.29. The summed E-state index contributed by atoms with van der Waals surface area (Å²) in [5, 5.41) is 10.8. The zero-order valence-corrected chi connectivity index (χ0v) is 16.9. The van der Waals surface area contributed by atoms with E-state index in [0.29, 0.717) is 6.54 Å². The molecule has 0 bridgehead atoms. The van der Waals surface area contributed by atoms with Gasteiger partial charge in [-0.3, -0.25) is 4.99 Å². The fourth-order valence-electron chi connectivity index (χ4n) is 2.42. The van der Waals surface area contributed by atoms with E-state index in [1.165, 1.54) is 0 Å². The lowest BCUT2D eigenvalue weighted by Gasteiger charge is -2.12. The van der Waals surface area contributed by atoms with Gasteiger partial charge in [0.15, 0.2) is 5.96 Å². The molecular formula is C16H27IN6O. The minimum atomic E-state index is 0. The summed E-state index contributed by atoms with van der Waals surface area (Å²) in [5.41, 5.74) is 2.17. The molecule has 0 amide bonds. The number of imidazole rings is 1. The summed E-state index contributed by atoms with van der Waals surface area (Å²) in [5.74, 6) is 1.74. The maximum Gasteiger partial charge on any atom is 0.191 e. The van der Waals surface area contributed by atoms with Crippen molar-refractivity contribution in [2.75, 3.05) is 13.6 Å². The highest BCUT2D eigenvalue weighted by Crippen LogP contribution is 2.15. The molecule has 0 fully saturated rings. The fraction of sp³-hybridized carbons (Fsp3) is 0.562. The number of aryl methyl sites for hydroxylation is 3. The molecule has 2 heterocycles. The Morgan fingerprint density at radius 1 is 1.29 bits per heavy atom. The van der Waals surface area contributed by atoms with Crippen LogP contribution in [0.3, 0.4) is 0 Å². The molecule has 0 aliphatic carbocycles. The van der Waals surface area contributed by atoms with Crippen molar-refractivity contribution < 1.29 is 4.52 Å². The van der Waals surface area contributed by atoms with Gasteiger partial charge in [-0.2, -0.15) is 0 Å². The Bertz CT molecular complexity index is 587. The first kappa shape index (κ1) is 20.5. The van der Waals surface area contributed by atoms with Crippen LogP contribution in [0, 0.1) is 0 Å². The zero-order valence-electron chi connectivity index (χ0n) is 14.6. The Balaban J connectivity index is 0.00000288. The van der Waals surface area contributed by atoms with Crippen LogP contribution >= 0.6 is 24.0 Å². The molecule has 2 aromatic rings. The van der Waals surface area contributed by atoms with Crippen LogP contribution in [0.25, 0.3) is 0 Å². The minimum absolute atomic E-state index is 0. The highest BCUT2D eigenvalue weighted by molar-refractivity contribution is 14.0. The molecule has 0 radical (unpaired) electrons. The topological polar surface area (TPSA) is 80.3 Å². The monoisotopic (exact) mass is 446 g/mol. The van der Waals surface area contributed by atoms with Crippen molar-refractivity contribution in [3.05, 3.63) is 35.7 Å². The molecular weight excluding hydrogens is 419 g/mol. The Kier molecular flexibility index (Phi) is 9.43. The minimum Gasteiger partial charge on any atom is -0.361 e. The fourth-order valence-corrected chi connectivity index (χ4v) is 2.42. The number of halogens is 1. The van der Waals surface area contributed by atoms with Gasteiger partial charge in [0, 0.05) is 51.1 Å². The van der Waals surface area contributed by atoms with Crippen LogP contribution in [0.1, 0.15) is 37.3 Å². The second-order valence-electron chi connectivity index (χ2n) is 5.24. The van der Waals surface area contributed by atoms with Gasteiger partial charge < -0.3 is 19.7 Å². The maximum atomic E-state index is 5.38. The normalized spacial score (nSPS) is 11.2. The van der Waals surface area contributed by atoms with Gasteiger partial charge in [-0.1, -0.05) is 19.0 Å². The zero-order chi connectivity index (χ0) is 16.5. The van der Waals surface area contributed by atoms with Gasteiger partial charge in [0.05, 0.1) is 12.0 Å². The largest absolute Gasteiger partial charge is 0.361 e. The van der Waals surface area contributed by atoms with Crippen molar-refractivity contribution in [3.63, 3.8) is 0 Å². The molecule has 0 spiro atoms. The third kappa shape index (κ3) is 5.81. The molecule has 7 nitrogen and oxygen atoms in total. The van der Waals surface area contributed by atoms with Gasteiger partial charge >= 0.3 is 0 Å². The number of rotatable bonds is 8. The predicted molar refractivity (Wildman–Crippen MR) is 106 cm³/mol. The Hall–Kier alpha value is -1.58. The van der Waals surface area contributed by atoms with E-state index in [1.807, 2.05) is 12.5 Å². The van der Waals surface area contributed by atoms with E-state index in [0.717, 1.165) is 55.3 Å². The van der Waals surface area contributed by atoms with Crippen molar-refractivity contribution in [2.45, 2.75) is 46.2 Å². The summed E-state index contributed by atoms with van der Waals surface area (Å²) >= 11 is 0. The first-order valence-electron chi connectivity index (χ1n) is 8.15. The van der Waals surface area contributed by atoms with Crippen molar-refractivity contribution in [3.8, 4) is 0 Å². The number of hydrogen-bond donors (Lipinski definition) is 2. The van der Waals surface area contributed by atoms with E-state index in [2.05, 4.69) is 44.2 Å². The van der Waals surface area contributed by atoms with Gasteiger partial charge in [0.25, 0.3) is 0 Å². The molecule has 2 N–H and O–H groups in total. The molecule has 0 aliphatic heterocycles. The average Bonchev–Trinajstić information content (AvgIpc) is 3.23. The number of hydrogen-bond acceptors (Lipinski definition) is 4. The summed E-state index contributed by atoms with van der Waals surface area (Å²) in [6.07, 6.45) is 8.32. The molecule has 0 saturated heterocycles. The lowest BCUT2D eigenvalue weighted by molar-refractivity contribution is 0.380. The second-order valence-corrected chi connectivity index (χ2v) is 5.24.